The van der Waals surface area contributed by atoms with E-state index in [0.717, 1.165) is 52.2 Å². The van der Waals surface area contributed by atoms with Gasteiger partial charge < -0.3 is 15.3 Å². The zero-order valence-corrected chi connectivity index (χ0v) is 18.5. The maximum atomic E-state index is 13.1. The van der Waals surface area contributed by atoms with E-state index in [4.69, 9.17) is 0 Å². The van der Waals surface area contributed by atoms with Gasteiger partial charge >= 0.3 is 0 Å². The Labute approximate surface area is 174 Å². The first kappa shape index (κ1) is 20.9. The van der Waals surface area contributed by atoms with Gasteiger partial charge in [-0.15, -0.1) is 35.3 Å². The van der Waals surface area contributed by atoms with Gasteiger partial charge in [0.15, 0.2) is 5.43 Å². The van der Waals surface area contributed by atoms with E-state index in [2.05, 4.69) is 24.1 Å². The molecule has 140 valence electrons. The van der Waals surface area contributed by atoms with Crippen LogP contribution in [0.1, 0.15) is 19.4 Å². The Kier molecular flexibility index (Phi) is 7.25. The van der Waals surface area contributed by atoms with Crippen molar-refractivity contribution in [3.8, 4) is 5.75 Å². The second-order valence-corrected chi connectivity index (χ2v) is 7.25. The summed E-state index contributed by atoms with van der Waals surface area (Å²) in [7, 11) is 0. The first-order valence-electron chi connectivity index (χ1n) is 8.70. The molecule has 1 heterocycles. The maximum Gasteiger partial charge on any atom is 0.197 e. The van der Waals surface area contributed by atoms with Crippen molar-refractivity contribution in [1.82, 2.24) is 4.90 Å². The SMILES string of the molecule is CCN(CC)CCNc1ccc(C)c2sc3cc(O)ccc3c(=O)c12.I. The van der Waals surface area contributed by atoms with Crippen molar-refractivity contribution >= 4 is 61.2 Å². The van der Waals surface area contributed by atoms with Gasteiger partial charge in [-0.2, -0.15) is 0 Å². The topological polar surface area (TPSA) is 52.6 Å². The summed E-state index contributed by atoms with van der Waals surface area (Å²) in [6.07, 6.45) is 0. The van der Waals surface area contributed by atoms with Gasteiger partial charge in [0.1, 0.15) is 5.75 Å². The first-order valence-corrected chi connectivity index (χ1v) is 9.52. The lowest BCUT2D eigenvalue weighted by atomic mass is 10.1. The van der Waals surface area contributed by atoms with E-state index in [1.165, 1.54) is 0 Å². The van der Waals surface area contributed by atoms with E-state index >= 15 is 0 Å². The molecule has 0 radical (unpaired) electrons. The molecule has 0 aliphatic heterocycles. The van der Waals surface area contributed by atoms with Crippen molar-refractivity contribution in [2.75, 3.05) is 31.5 Å². The number of benzene rings is 2. The third-order valence-corrected chi connectivity index (χ3v) is 5.93. The molecule has 0 spiro atoms. The Bertz CT molecular complexity index is 967. The Morgan fingerprint density at radius 2 is 1.88 bits per heavy atom. The zero-order valence-electron chi connectivity index (χ0n) is 15.3. The average Bonchev–Trinajstić information content (AvgIpc) is 2.60. The predicted octanol–water partition coefficient (Wildman–Crippen LogP) is 4.80. The summed E-state index contributed by atoms with van der Waals surface area (Å²) in [5.41, 5.74) is 2.00. The van der Waals surface area contributed by atoms with Gasteiger partial charge in [0.25, 0.3) is 0 Å². The van der Waals surface area contributed by atoms with E-state index in [1.54, 1.807) is 29.5 Å². The Balaban J connectivity index is 0.00000243. The van der Waals surface area contributed by atoms with E-state index < -0.39 is 0 Å². The fourth-order valence-corrected chi connectivity index (χ4v) is 4.31. The summed E-state index contributed by atoms with van der Waals surface area (Å²) in [6.45, 7) is 10.1. The lowest BCUT2D eigenvalue weighted by Crippen LogP contribution is -2.28. The van der Waals surface area contributed by atoms with Gasteiger partial charge in [0, 0.05) is 33.6 Å². The van der Waals surface area contributed by atoms with Crippen LogP contribution in [0.2, 0.25) is 0 Å². The van der Waals surface area contributed by atoms with E-state index in [0.29, 0.717) is 5.39 Å². The van der Waals surface area contributed by atoms with Crippen molar-refractivity contribution < 1.29 is 5.11 Å². The number of nitrogens with one attached hydrogen (secondary N) is 1. The smallest absolute Gasteiger partial charge is 0.197 e. The number of hydrogen-bond acceptors (Lipinski definition) is 5. The largest absolute Gasteiger partial charge is 0.508 e. The predicted molar refractivity (Wildman–Crippen MR) is 124 cm³/mol. The minimum Gasteiger partial charge on any atom is -0.508 e. The van der Waals surface area contributed by atoms with E-state index in [1.807, 2.05) is 19.1 Å². The molecule has 0 saturated carbocycles. The number of phenols is 1. The first-order chi connectivity index (χ1) is 12.0. The Morgan fingerprint density at radius 3 is 2.58 bits per heavy atom. The van der Waals surface area contributed by atoms with Crippen LogP contribution in [0.4, 0.5) is 5.69 Å². The second-order valence-electron chi connectivity index (χ2n) is 6.20. The number of likely N-dealkylation sites (N-methyl/N-ethyl adjacent to an activating group) is 1. The van der Waals surface area contributed by atoms with Crippen molar-refractivity contribution in [3.05, 3.63) is 46.1 Å². The van der Waals surface area contributed by atoms with Crippen LogP contribution < -0.4 is 10.7 Å². The van der Waals surface area contributed by atoms with Gasteiger partial charge in [-0.1, -0.05) is 19.9 Å². The van der Waals surface area contributed by atoms with Crippen LogP contribution in [-0.4, -0.2) is 36.2 Å². The number of fused-ring (bicyclic) bond motifs is 2. The molecule has 6 heteroatoms. The molecule has 0 aliphatic carbocycles. The van der Waals surface area contributed by atoms with Gasteiger partial charge in [-0.25, -0.2) is 0 Å². The van der Waals surface area contributed by atoms with Gasteiger partial charge in [0.2, 0.25) is 0 Å². The molecule has 2 aromatic carbocycles. The fraction of sp³-hybridized carbons (Fsp3) is 0.350. The highest BCUT2D eigenvalue weighted by Crippen LogP contribution is 2.32. The van der Waals surface area contributed by atoms with Gasteiger partial charge in [-0.3, -0.25) is 4.79 Å². The molecule has 26 heavy (non-hydrogen) atoms. The molecule has 0 fully saturated rings. The molecule has 1 aromatic heterocycles. The van der Waals surface area contributed by atoms with Crippen LogP contribution in [0.3, 0.4) is 0 Å². The standard InChI is InChI=1S/C20H24N2O2S.HI/c1-4-22(5-2)11-10-21-16-9-6-13(3)20-18(16)19(24)15-8-7-14(23)12-17(15)25-20;/h6-9,12,21,23H,4-5,10-11H2,1-3H3;1H. The quantitative estimate of drug-likeness (QED) is 0.390. The lowest BCUT2D eigenvalue weighted by molar-refractivity contribution is 0.316. The van der Waals surface area contributed by atoms with Gasteiger partial charge in [-0.05, 0) is 49.8 Å². The van der Waals surface area contributed by atoms with Crippen molar-refractivity contribution in [3.63, 3.8) is 0 Å². The number of nitrogens with zero attached hydrogens (tertiary/aromatic N) is 1. The molecular weight excluding hydrogens is 459 g/mol. The molecule has 3 rings (SSSR count). The third-order valence-electron chi connectivity index (χ3n) is 4.64. The molecular formula is C20H25IN2O2S. The minimum absolute atomic E-state index is 0. The number of anilines is 1. The average molecular weight is 484 g/mol. The van der Waals surface area contributed by atoms with E-state index in [9.17, 15) is 9.90 Å². The molecule has 2 N–H and O–H groups in total. The molecule has 0 amide bonds. The Morgan fingerprint density at radius 1 is 1.15 bits per heavy atom. The number of rotatable bonds is 6. The van der Waals surface area contributed by atoms with Crippen LogP contribution in [0.15, 0.2) is 35.1 Å². The molecule has 0 saturated heterocycles. The number of halogens is 1. The summed E-state index contributed by atoms with van der Waals surface area (Å²) in [5.74, 6) is 0.189. The van der Waals surface area contributed by atoms with Crippen LogP contribution in [-0.2, 0) is 0 Å². The van der Waals surface area contributed by atoms with Crippen LogP contribution in [0.25, 0.3) is 20.2 Å². The van der Waals surface area contributed by atoms with Crippen molar-refractivity contribution in [2.45, 2.75) is 20.8 Å². The molecule has 4 nitrogen and oxygen atoms in total. The molecule has 0 aliphatic rings. The Hall–Kier alpha value is -1.38. The highest BCUT2D eigenvalue weighted by Gasteiger charge is 2.12. The van der Waals surface area contributed by atoms with Crippen LogP contribution in [0, 0.1) is 6.92 Å². The summed E-state index contributed by atoms with van der Waals surface area (Å²) >= 11 is 1.56. The monoisotopic (exact) mass is 484 g/mol. The number of aromatic hydroxyl groups is 1. The van der Waals surface area contributed by atoms with Gasteiger partial charge in [0.05, 0.1) is 5.39 Å². The molecule has 0 bridgehead atoms. The summed E-state index contributed by atoms with van der Waals surface area (Å²) < 4.78 is 1.80. The molecule has 0 atom stereocenters. The minimum atomic E-state index is 0. The molecule has 0 unspecified atom stereocenters. The normalized spacial score (nSPS) is 11.1. The van der Waals surface area contributed by atoms with Crippen LogP contribution >= 0.6 is 35.3 Å². The summed E-state index contributed by atoms with van der Waals surface area (Å²) in [4.78, 5) is 15.4. The van der Waals surface area contributed by atoms with Crippen LogP contribution in [0.5, 0.6) is 5.75 Å². The zero-order chi connectivity index (χ0) is 18.0. The third kappa shape index (κ3) is 4.13. The number of phenolic OH excluding ortho intramolecular Hbond substituents is 1. The van der Waals surface area contributed by atoms with E-state index in [-0.39, 0.29) is 35.2 Å². The summed E-state index contributed by atoms with van der Waals surface area (Å²) in [6, 6.07) is 9.00. The highest BCUT2D eigenvalue weighted by atomic mass is 127. The molecule has 3 aromatic rings. The number of aryl methyl sites for hydroxylation is 1. The van der Waals surface area contributed by atoms with Crippen molar-refractivity contribution in [1.29, 1.82) is 0 Å². The highest BCUT2D eigenvalue weighted by molar-refractivity contribution is 14.0. The summed E-state index contributed by atoms with van der Waals surface area (Å²) in [5, 5.41) is 14.6. The fourth-order valence-electron chi connectivity index (χ4n) is 3.11. The number of hydrogen-bond donors (Lipinski definition) is 2. The second kappa shape index (κ2) is 9.01. The maximum absolute atomic E-state index is 13.1. The van der Waals surface area contributed by atoms with Crippen molar-refractivity contribution in [2.24, 2.45) is 0 Å². The lowest BCUT2D eigenvalue weighted by Gasteiger charge is -2.19.